The van der Waals surface area contributed by atoms with Crippen LogP contribution in [0.1, 0.15) is 0 Å². The van der Waals surface area contributed by atoms with Crippen molar-refractivity contribution in [3.8, 4) is 0 Å². The van der Waals surface area contributed by atoms with E-state index in [1.54, 1.807) is 0 Å². The molecule has 0 radical (unpaired) electrons. The van der Waals surface area contributed by atoms with E-state index in [1.165, 1.54) is 0 Å². The Balaban J connectivity index is -0.0000000133. The van der Waals surface area contributed by atoms with Crippen LogP contribution in [0.5, 0.6) is 0 Å². The summed E-state index contributed by atoms with van der Waals surface area (Å²) in [6, 6.07) is 0. The summed E-state index contributed by atoms with van der Waals surface area (Å²) in [5.74, 6) is 0. The first-order chi connectivity index (χ1) is 2.00. The van der Waals surface area contributed by atoms with Crippen LogP contribution in [0.3, 0.4) is 0 Å². The third-order valence-corrected chi connectivity index (χ3v) is 0. The van der Waals surface area contributed by atoms with Gasteiger partial charge in [0.1, 0.15) is 0 Å². The van der Waals surface area contributed by atoms with Crippen molar-refractivity contribution in [2.24, 2.45) is 0 Å². The smallest absolute Gasteiger partial charge is 0 e. The molecule has 0 aliphatic carbocycles. The number of hydrogen-bond donors (Lipinski definition) is 0. The average molecular weight is 260 g/mol. The maximum Gasteiger partial charge on any atom is 0 e. The van der Waals surface area contributed by atoms with Crippen LogP contribution in [0.4, 0.5) is 0 Å². The van der Waals surface area contributed by atoms with Crippen molar-refractivity contribution in [2.75, 3.05) is 0 Å². The van der Waals surface area contributed by atoms with Crippen LogP contribution in [-0.4, -0.2) is 0 Å². The molecule has 0 saturated carbocycles. The van der Waals surface area contributed by atoms with Crippen LogP contribution in [-0.2, 0) is 34.2 Å². The minimum Gasteiger partial charge on any atom is 0 e. The molecule has 0 spiro atoms. The summed E-state index contributed by atoms with van der Waals surface area (Å²) in [4.78, 5) is 0. The van der Waals surface area contributed by atoms with Gasteiger partial charge in [-0.25, -0.2) is 0 Å². The SMILES string of the molecule is [C-]#N.[Co+][I].[Ti]. The number of halogens is 1. The van der Waals surface area contributed by atoms with E-state index in [4.69, 9.17) is 11.8 Å². The van der Waals surface area contributed by atoms with E-state index >= 15 is 0 Å². The quantitative estimate of drug-likeness (QED) is 0.361. The first-order valence-electron chi connectivity index (χ1n) is 0.350. The maximum atomic E-state index is 6.25. The first kappa shape index (κ1) is 16.1. The Labute approximate surface area is 65.8 Å². The van der Waals surface area contributed by atoms with Gasteiger partial charge in [0.2, 0.25) is 0 Å². The molecule has 4 heteroatoms. The summed E-state index contributed by atoms with van der Waals surface area (Å²) >= 11 is 5.37. The van der Waals surface area contributed by atoms with Crippen molar-refractivity contribution in [2.45, 2.75) is 0 Å². The minimum absolute atomic E-state index is 0. The van der Waals surface area contributed by atoms with Gasteiger partial charge in [-0.15, -0.1) is 0 Å². The first-order valence-corrected chi connectivity index (χ1v) is 3.71. The third-order valence-electron chi connectivity index (χ3n) is 0. The van der Waals surface area contributed by atoms with Gasteiger partial charge >= 0.3 is 32.9 Å². The molecule has 0 aliphatic rings. The molecule has 0 aromatic rings. The van der Waals surface area contributed by atoms with Gasteiger partial charge in [0.25, 0.3) is 0 Å². The van der Waals surface area contributed by atoms with Gasteiger partial charge < -0.3 is 11.8 Å². The normalized spacial score (nSPS) is 1.60. The zero-order valence-electron chi connectivity index (χ0n) is 2.16. The van der Waals surface area contributed by atoms with Gasteiger partial charge in [0, 0.05) is 21.7 Å². The molecule has 0 N–H and O–H groups in total. The van der Waals surface area contributed by atoms with E-state index < -0.39 is 0 Å². The predicted octanol–water partition coefficient (Wildman–Crippen LogP) is 0.977. The van der Waals surface area contributed by atoms with Gasteiger partial charge in [-0.1, -0.05) is 0 Å². The Morgan fingerprint density at radius 3 is 1.40 bits per heavy atom. The molecular weight excluding hydrogens is 260 g/mol. The van der Waals surface area contributed by atoms with Crippen molar-refractivity contribution >= 4 is 20.4 Å². The number of hydrogen-bond acceptors (Lipinski definition) is 1. The van der Waals surface area contributed by atoms with Crippen molar-refractivity contribution < 1.29 is 34.2 Å². The van der Waals surface area contributed by atoms with Crippen LogP contribution >= 0.6 is 20.4 Å². The molecular formula is CCoINTi. The zero-order valence-corrected chi connectivity index (χ0v) is 6.92. The minimum atomic E-state index is 0. The summed E-state index contributed by atoms with van der Waals surface area (Å²) in [5.41, 5.74) is 0. The summed E-state index contributed by atoms with van der Waals surface area (Å²) in [6.07, 6.45) is 0. The van der Waals surface area contributed by atoms with Crippen molar-refractivity contribution in [3.05, 3.63) is 6.57 Å². The molecule has 0 fully saturated rings. The van der Waals surface area contributed by atoms with Crippen LogP contribution < -0.4 is 0 Å². The molecule has 0 aliphatic heterocycles. The Hall–Kier alpha value is 1.44. The van der Waals surface area contributed by atoms with Gasteiger partial charge in [-0.2, -0.15) is 0 Å². The fourth-order valence-corrected chi connectivity index (χ4v) is 0. The fraction of sp³-hybridized carbons (Fsp3) is 0. The second kappa shape index (κ2) is 51.7. The van der Waals surface area contributed by atoms with E-state index in [0.29, 0.717) is 0 Å². The summed E-state index contributed by atoms with van der Waals surface area (Å²) in [6.45, 7) is 4.75. The van der Waals surface area contributed by atoms with E-state index in [9.17, 15) is 0 Å². The molecule has 1 nitrogen and oxygen atoms in total. The van der Waals surface area contributed by atoms with E-state index in [2.05, 4.69) is 12.5 Å². The van der Waals surface area contributed by atoms with Gasteiger partial charge in [0.05, 0.1) is 0 Å². The Kier molecular flexibility index (Phi) is 166. The second-order valence-corrected chi connectivity index (χ2v) is 0. The largest absolute Gasteiger partial charge is 0 e. The molecule has 0 aromatic carbocycles. The Bertz CT molecular complexity index is 16.4. The zero-order chi connectivity index (χ0) is 4.00. The molecule has 0 aromatic heterocycles. The van der Waals surface area contributed by atoms with E-state index in [0.717, 1.165) is 0 Å². The number of rotatable bonds is 0. The van der Waals surface area contributed by atoms with Crippen LogP contribution in [0.25, 0.3) is 0 Å². The standard InChI is InChI=1S/CN.Co.HI.Ti/c1-2;;;/h;;1H;/q-1;+2;;/p-1. The molecule has 0 saturated heterocycles. The molecule has 29 valence electrons. The molecule has 0 heterocycles. The summed E-state index contributed by atoms with van der Waals surface area (Å²) < 4.78 is 0. The van der Waals surface area contributed by atoms with Crippen LogP contribution in [0.15, 0.2) is 0 Å². The van der Waals surface area contributed by atoms with Crippen LogP contribution in [0.2, 0.25) is 0 Å². The Morgan fingerprint density at radius 2 is 1.40 bits per heavy atom. The fourth-order valence-electron chi connectivity index (χ4n) is 0. The van der Waals surface area contributed by atoms with Crippen molar-refractivity contribution in [3.63, 3.8) is 0 Å². The third kappa shape index (κ3) is 31.0. The molecule has 0 bridgehead atoms. The van der Waals surface area contributed by atoms with Gasteiger partial charge in [0.15, 0.2) is 0 Å². The van der Waals surface area contributed by atoms with E-state index in [-0.39, 0.29) is 21.7 Å². The molecule has 0 rings (SSSR count). The molecule has 0 atom stereocenters. The number of nitrogens with zero attached hydrogens (tertiary/aromatic N) is 1. The average Bonchev–Trinajstić information content (AvgIpc) is 1.50. The monoisotopic (exact) mass is 260 g/mol. The molecule has 5 heavy (non-hydrogen) atoms. The topological polar surface area (TPSA) is 23.8 Å². The van der Waals surface area contributed by atoms with E-state index in [1.807, 2.05) is 20.4 Å². The summed E-state index contributed by atoms with van der Waals surface area (Å²) in [7, 11) is 0. The maximum absolute atomic E-state index is 6.25. The predicted molar refractivity (Wildman–Crippen MR) is 19.0 cm³/mol. The summed E-state index contributed by atoms with van der Waals surface area (Å²) in [5, 5.41) is 6.25. The van der Waals surface area contributed by atoms with Crippen LogP contribution in [0, 0.1) is 11.8 Å². The second-order valence-electron chi connectivity index (χ2n) is 0. The molecule has 0 amide bonds. The van der Waals surface area contributed by atoms with Crippen molar-refractivity contribution in [1.29, 1.82) is 5.26 Å². The van der Waals surface area contributed by atoms with Crippen molar-refractivity contribution in [1.82, 2.24) is 0 Å². The van der Waals surface area contributed by atoms with Gasteiger partial charge in [-0.05, 0) is 0 Å². The van der Waals surface area contributed by atoms with Gasteiger partial charge in [-0.3, -0.25) is 0 Å². The molecule has 0 unspecified atom stereocenters. The Morgan fingerprint density at radius 1 is 1.40 bits per heavy atom.